The summed E-state index contributed by atoms with van der Waals surface area (Å²) in [5.41, 5.74) is 7.48. The lowest BCUT2D eigenvalue weighted by atomic mass is 10.1. The van der Waals surface area contributed by atoms with Crippen LogP contribution in [-0.2, 0) is 13.0 Å². The zero-order valence-corrected chi connectivity index (χ0v) is 9.48. The lowest BCUT2D eigenvalue weighted by molar-refractivity contribution is 0.891. The zero-order valence-electron chi connectivity index (χ0n) is 8.73. The highest BCUT2D eigenvalue weighted by Gasteiger charge is 2.01. The number of benzene rings is 1. The number of aromatic nitrogens is 2. The van der Waals surface area contributed by atoms with Crippen LogP contribution in [0, 0.1) is 0 Å². The predicted molar refractivity (Wildman–Crippen MR) is 64.2 cm³/mol. The monoisotopic (exact) mass is 233 g/mol. The number of hydrogen-bond donors (Lipinski definition) is 1. The summed E-state index contributed by atoms with van der Waals surface area (Å²) in [5.74, 6) is 0.769. The molecule has 16 heavy (non-hydrogen) atoms. The fourth-order valence-corrected chi connectivity index (χ4v) is 1.68. The Balaban J connectivity index is 2.20. The van der Waals surface area contributed by atoms with Crippen molar-refractivity contribution in [1.82, 2.24) is 9.97 Å². The molecule has 0 saturated carbocycles. The maximum Gasteiger partial charge on any atom is 0.132 e. The Hall–Kier alpha value is -1.45. The van der Waals surface area contributed by atoms with E-state index in [1.807, 2.05) is 30.3 Å². The molecule has 0 saturated heterocycles. The van der Waals surface area contributed by atoms with E-state index in [1.165, 1.54) is 0 Å². The van der Waals surface area contributed by atoms with Crippen LogP contribution in [0.5, 0.6) is 0 Å². The minimum absolute atomic E-state index is 0.436. The first-order chi connectivity index (χ1) is 7.78. The summed E-state index contributed by atoms with van der Waals surface area (Å²) in [6, 6.07) is 9.51. The van der Waals surface area contributed by atoms with E-state index in [1.54, 1.807) is 6.20 Å². The summed E-state index contributed by atoms with van der Waals surface area (Å²) >= 11 is 5.91. The molecule has 0 bridgehead atoms. The summed E-state index contributed by atoms with van der Waals surface area (Å²) in [6.45, 7) is 0.436. The molecule has 0 unspecified atom stereocenters. The Labute approximate surface area is 99.3 Å². The lowest BCUT2D eigenvalue weighted by Crippen LogP contribution is -2.04. The standard InChI is InChI=1S/C12H12ClN3/c13-10-3-1-2-9(6-10)7-12-15-5-4-11(8-14)16-12/h1-6H,7-8,14H2. The first kappa shape index (κ1) is 11.0. The van der Waals surface area contributed by atoms with Gasteiger partial charge < -0.3 is 5.73 Å². The first-order valence-electron chi connectivity index (χ1n) is 5.03. The van der Waals surface area contributed by atoms with Gasteiger partial charge in [0.2, 0.25) is 0 Å². The third kappa shape index (κ3) is 2.78. The number of rotatable bonds is 3. The van der Waals surface area contributed by atoms with Gasteiger partial charge in [-0.3, -0.25) is 0 Å². The third-order valence-electron chi connectivity index (χ3n) is 2.22. The minimum atomic E-state index is 0.436. The molecule has 0 fully saturated rings. The molecule has 1 heterocycles. The Morgan fingerprint density at radius 2 is 2.12 bits per heavy atom. The lowest BCUT2D eigenvalue weighted by Gasteiger charge is -2.02. The van der Waals surface area contributed by atoms with Gasteiger partial charge in [-0.1, -0.05) is 23.7 Å². The summed E-state index contributed by atoms with van der Waals surface area (Å²) in [6.07, 6.45) is 2.41. The normalized spacial score (nSPS) is 10.4. The van der Waals surface area contributed by atoms with E-state index < -0.39 is 0 Å². The van der Waals surface area contributed by atoms with Crippen molar-refractivity contribution in [2.24, 2.45) is 5.73 Å². The van der Waals surface area contributed by atoms with Crippen LogP contribution in [0.25, 0.3) is 0 Å². The van der Waals surface area contributed by atoms with Gasteiger partial charge in [-0.05, 0) is 23.8 Å². The summed E-state index contributed by atoms with van der Waals surface area (Å²) in [4.78, 5) is 8.54. The summed E-state index contributed by atoms with van der Waals surface area (Å²) < 4.78 is 0. The van der Waals surface area contributed by atoms with Gasteiger partial charge >= 0.3 is 0 Å². The van der Waals surface area contributed by atoms with Crippen LogP contribution >= 0.6 is 11.6 Å². The largest absolute Gasteiger partial charge is 0.325 e. The van der Waals surface area contributed by atoms with Gasteiger partial charge in [0.05, 0.1) is 5.69 Å². The van der Waals surface area contributed by atoms with Crippen LogP contribution in [0.4, 0.5) is 0 Å². The molecule has 3 nitrogen and oxygen atoms in total. The summed E-state index contributed by atoms with van der Waals surface area (Å²) in [7, 11) is 0. The van der Waals surface area contributed by atoms with Gasteiger partial charge in [-0.25, -0.2) is 9.97 Å². The van der Waals surface area contributed by atoms with E-state index in [-0.39, 0.29) is 0 Å². The molecule has 2 aromatic rings. The average molecular weight is 234 g/mol. The van der Waals surface area contributed by atoms with E-state index in [2.05, 4.69) is 9.97 Å². The fourth-order valence-electron chi connectivity index (χ4n) is 1.47. The quantitative estimate of drug-likeness (QED) is 0.884. The molecular weight excluding hydrogens is 222 g/mol. The van der Waals surface area contributed by atoms with E-state index in [9.17, 15) is 0 Å². The van der Waals surface area contributed by atoms with Crippen molar-refractivity contribution < 1.29 is 0 Å². The van der Waals surface area contributed by atoms with Gasteiger partial charge in [0.15, 0.2) is 0 Å². The number of hydrogen-bond acceptors (Lipinski definition) is 3. The smallest absolute Gasteiger partial charge is 0.132 e. The molecule has 2 rings (SSSR count). The highest BCUT2D eigenvalue weighted by molar-refractivity contribution is 6.30. The molecule has 0 atom stereocenters. The van der Waals surface area contributed by atoms with Crippen LogP contribution in [0.3, 0.4) is 0 Å². The summed E-state index contributed by atoms with van der Waals surface area (Å²) in [5, 5.41) is 0.729. The first-order valence-corrected chi connectivity index (χ1v) is 5.41. The van der Waals surface area contributed by atoms with Crippen molar-refractivity contribution in [3.05, 3.63) is 58.6 Å². The Kier molecular flexibility index (Phi) is 3.49. The zero-order chi connectivity index (χ0) is 11.4. The molecule has 0 spiro atoms. The number of nitrogens with two attached hydrogens (primary N) is 1. The Morgan fingerprint density at radius 3 is 2.88 bits per heavy atom. The third-order valence-corrected chi connectivity index (χ3v) is 2.46. The van der Waals surface area contributed by atoms with Crippen molar-refractivity contribution in [3.63, 3.8) is 0 Å². The molecule has 0 aliphatic rings. The molecule has 1 aromatic carbocycles. The second-order valence-electron chi connectivity index (χ2n) is 3.48. The predicted octanol–water partition coefficient (Wildman–Crippen LogP) is 2.18. The molecule has 4 heteroatoms. The van der Waals surface area contributed by atoms with Crippen molar-refractivity contribution in [1.29, 1.82) is 0 Å². The Bertz CT molecular complexity index is 485. The highest BCUT2D eigenvalue weighted by atomic mass is 35.5. The maximum absolute atomic E-state index is 5.91. The van der Waals surface area contributed by atoms with E-state index in [0.717, 1.165) is 22.1 Å². The molecule has 0 amide bonds. The van der Waals surface area contributed by atoms with Crippen molar-refractivity contribution in [2.45, 2.75) is 13.0 Å². The topological polar surface area (TPSA) is 51.8 Å². The van der Waals surface area contributed by atoms with Crippen LogP contribution < -0.4 is 5.73 Å². The number of halogens is 1. The van der Waals surface area contributed by atoms with Crippen LogP contribution in [0.2, 0.25) is 5.02 Å². The van der Waals surface area contributed by atoms with E-state index >= 15 is 0 Å². The molecule has 1 aromatic heterocycles. The van der Waals surface area contributed by atoms with Gasteiger partial charge in [0, 0.05) is 24.2 Å². The SMILES string of the molecule is NCc1ccnc(Cc2cccc(Cl)c2)n1. The van der Waals surface area contributed by atoms with Crippen LogP contribution in [-0.4, -0.2) is 9.97 Å². The van der Waals surface area contributed by atoms with Crippen molar-refractivity contribution in [2.75, 3.05) is 0 Å². The van der Waals surface area contributed by atoms with Gasteiger partial charge in [-0.2, -0.15) is 0 Å². The Morgan fingerprint density at radius 1 is 1.25 bits per heavy atom. The van der Waals surface area contributed by atoms with Gasteiger partial charge in [-0.15, -0.1) is 0 Å². The van der Waals surface area contributed by atoms with Crippen molar-refractivity contribution in [3.8, 4) is 0 Å². The fraction of sp³-hybridized carbons (Fsp3) is 0.167. The highest BCUT2D eigenvalue weighted by Crippen LogP contribution is 2.12. The van der Waals surface area contributed by atoms with Crippen LogP contribution in [0.15, 0.2) is 36.5 Å². The molecule has 0 aliphatic carbocycles. The minimum Gasteiger partial charge on any atom is -0.325 e. The van der Waals surface area contributed by atoms with E-state index in [4.69, 9.17) is 17.3 Å². The van der Waals surface area contributed by atoms with Crippen LogP contribution in [0.1, 0.15) is 17.1 Å². The van der Waals surface area contributed by atoms with Gasteiger partial charge in [0.1, 0.15) is 5.82 Å². The maximum atomic E-state index is 5.91. The molecular formula is C12H12ClN3. The molecule has 0 radical (unpaired) electrons. The second-order valence-corrected chi connectivity index (χ2v) is 3.91. The van der Waals surface area contributed by atoms with Crippen molar-refractivity contribution >= 4 is 11.6 Å². The van der Waals surface area contributed by atoms with Gasteiger partial charge in [0.25, 0.3) is 0 Å². The molecule has 2 N–H and O–H groups in total. The van der Waals surface area contributed by atoms with E-state index in [0.29, 0.717) is 13.0 Å². The number of nitrogens with zero attached hydrogens (tertiary/aromatic N) is 2. The second kappa shape index (κ2) is 5.05. The average Bonchev–Trinajstić information content (AvgIpc) is 2.29. The molecule has 82 valence electrons. The molecule has 0 aliphatic heterocycles.